The minimum Gasteiger partial charge on any atom is -0.507 e. The van der Waals surface area contributed by atoms with Crippen molar-refractivity contribution < 1.29 is 38.6 Å². The summed E-state index contributed by atoms with van der Waals surface area (Å²) < 4.78 is 39.5. The summed E-state index contributed by atoms with van der Waals surface area (Å²) in [5.41, 5.74) is 5.77. The van der Waals surface area contributed by atoms with Gasteiger partial charge in [0, 0.05) is 29.5 Å². The standard InChI is InChI=1S/C47H52O8/c1-31-44(48)38(40-25-42(50-27-34-16-8-4-9-17-34)46(32(2)54-40)52-29-36-20-12-6-13-21-36)24-39(45(31)49)41-26-43(51-28-35-18-10-5-11-19-35)47(33(3)55-41)53-30-37-22-14-7-15-23-37/h4-24,32-33,40-43,46-49H,25-30H2,1-3H3/t32?,33?,40-,41-,42+,43+,46-,47-/m0/s1. The van der Waals surface area contributed by atoms with E-state index >= 15 is 0 Å². The van der Waals surface area contributed by atoms with Gasteiger partial charge in [0.05, 0.1) is 63.1 Å². The average molecular weight is 745 g/mol. The lowest BCUT2D eigenvalue weighted by atomic mass is 9.87. The van der Waals surface area contributed by atoms with Crippen molar-refractivity contribution in [1.29, 1.82) is 0 Å². The van der Waals surface area contributed by atoms with Gasteiger partial charge in [-0.25, -0.2) is 0 Å². The van der Waals surface area contributed by atoms with Crippen LogP contribution in [0, 0.1) is 6.92 Å². The van der Waals surface area contributed by atoms with Gasteiger partial charge in [-0.3, -0.25) is 0 Å². The highest BCUT2D eigenvalue weighted by Gasteiger charge is 2.43. The Morgan fingerprint density at radius 3 is 1.13 bits per heavy atom. The average Bonchev–Trinajstić information content (AvgIpc) is 3.22. The van der Waals surface area contributed by atoms with E-state index in [9.17, 15) is 10.2 Å². The molecule has 2 aliphatic rings. The Kier molecular flexibility index (Phi) is 13.0. The molecule has 288 valence electrons. The second-order valence-electron chi connectivity index (χ2n) is 14.7. The van der Waals surface area contributed by atoms with Crippen molar-refractivity contribution in [2.75, 3.05) is 0 Å². The second kappa shape index (κ2) is 18.4. The van der Waals surface area contributed by atoms with Crippen LogP contribution in [0.5, 0.6) is 11.5 Å². The van der Waals surface area contributed by atoms with E-state index in [1.165, 1.54) is 0 Å². The van der Waals surface area contributed by atoms with Gasteiger partial charge in [0.25, 0.3) is 0 Å². The molecule has 2 fully saturated rings. The third kappa shape index (κ3) is 9.65. The van der Waals surface area contributed by atoms with Crippen LogP contribution >= 0.6 is 0 Å². The lowest BCUT2D eigenvalue weighted by molar-refractivity contribution is -0.205. The van der Waals surface area contributed by atoms with Gasteiger partial charge in [0.15, 0.2) is 0 Å². The van der Waals surface area contributed by atoms with Crippen LogP contribution in [0.1, 0.15) is 77.8 Å². The monoisotopic (exact) mass is 744 g/mol. The van der Waals surface area contributed by atoms with E-state index in [1.807, 2.05) is 141 Å². The van der Waals surface area contributed by atoms with E-state index < -0.39 is 12.2 Å². The van der Waals surface area contributed by atoms with E-state index in [1.54, 1.807) is 6.92 Å². The quantitative estimate of drug-likeness (QED) is 0.116. The summed E-state index contributed by atoms with van der Waals surface area (Å²) in [6, 6.07) is 42.1. The Hall–Kier alpha value is -4.54. The molecule has 0 amide bonds. The highest BCUT2D eigenvalue weighted by atomic mass is 16.6. The first-order chi connectivity index (χ1) is 26.8. The van der Waals surface area contributed by atoms with Gasteiger partial charge in [-0.2, -0.15) is 0 Å². The summed E-state index contributed by atoms with van der Waals surface area (Å²) in [7, 11) is 0. The number of hydrogen-bond donors (Lipinski definition) is 2. The number of benzene rings is 5. The molecule has 2 N–H and O–H groups in total. The lowest BCUT2D eigenvalue weighted by Crippen LogP contribution is -2.47. The van der Waals surface area contributed by atoms with Gasteiger partial charge in [0.1, 0.15) is 23.7 Å². The van der Waals surface area contributed by atoms with Crippen molar-refractivity contribution in [1.82, 2.24) is 0 Å². The van der Waals surface area contributed by atoms with Crippen molar-refractivity contribution in [3.63, 3.8) is 0 Å². The van der Waals surface area contributed by atoms with Crippen molar-refractivity contribution in [2.24, 2.45) is 0 Å². The fourth-order valence-corrected chi connectivity index (χ4v) is 7.72. The maximum Gasteiger partial charge on any atom is 0.128 e. The molecule has 0 bridgehead atoms. The minimum atomic E-state index is -0.529. The van der Waals surface area contributed by atoms with E-state index in [4.69, 9.17) is 28.4 Å². The first-order valence-electron chi connectivity index (χ1n) is 19.3. The zero-order valence-corrected chi connectivity index (χ0v) is 31.8. The summed E-state index contributed by atoms with van der Waals surface area (Å²) >= 11 is 0. The molecule has 7 rings (SSSR count). The number of phenols is 2. The SMILES string of the molecule is Cc1c(O)c([C@@H]2C[C@@H](OCc3ccccc3)[C@@H](OCc3ccccc3)C(C)O2)cc([C@@H]2C[C@@H](OCc3ccccc3)[C@@H](OCc3ccccc3)C(C)O2)c1O. The van der Waals surface area contributed by atoms with Gasteiger partial charge >= 0.3 is 0 Å². The van der Waals surface area contributed by atoms with Crippen LogP contribution < -0.4 is 0 Å². The zero-order chi connectivity index (χ0) is 38.1. The molecule has 8 nitrogen and oxygen atoms in total. The predicted molar refractivity (Wildman–Crippen MR) is 210 cm³/mol. The van der Waals surface area contributed by atoms with Crippen LogP contribution in [-0.4, -0.2) is 46.8 Å². The topological polar surface area (TPSA) is 95.8 Å². The third-order valence-corrected chi connectivity index (χ3v) is 10.8. The number of ether oxygens (including phenoxy) is 6. The molecule has 0 aromatic heterocycles. The van der Waals surface area contributed by atoms with Crippen molar-refractivity contribution in [2.45, 2.75) is 109 Å². The molecule has 5 aromatic rings. The Morgan fingerprint density at radius 2 is 0.800 bits per heavy atom. The molecule has 2 saturated heterocycles. The van der Waals surface area contributed by atoms with E-state index in [-0.39, 0.29) is 48.1 Å². The summed E-state index contributed by atoms with van der Waals surface area (Å²) in [5, 5.41) is 23.2. The number of phenolic OH excluding ortho intramolecular Hbond substituents is 2. The Balaban J connectivity index is 1.13. The fraction of sp³-hybridized carbons (Fsp3) is 0.362. The lowest BCUT2D eigenvalue weighted by Gasteiger charge is -2.42. The second-order valence-corrected chi connectivity index (χ2v) is 14.7. The molecule has 8 heteroatoms. The van der Waals surface area contributed by atoms with Crippen molar-refractivity contribution in [3.05, 3.63) is 166 Å². The van der Waals surface area contributed by atoms with Gasteiger partial charge in [-0.1, -0.05) is 121 Å². The molecular formula is C47H52O8. The maximum atomic E-state index is 11.6. The number of hydrogen-bond acceptors (Lipinski definition) is 8. The zero-order valence-electron chi connectivity index (χ0n) is 31.8. The first-order valence-corrected chi connectivity index (χ1v) is 19.3. The predicted octanol–water partition coefficient (Wildman–Crippen LogP) is 9.45. The summed E-state index contributed by atoms with van der Waals surface area (Å²) in [6.07, 6.45) is -2.26. The van der Waals surface area contributed by atoms with E-state index in [0.29, 0.717) is 56.0 Å². The third-order valence-electron chi connectivity index (χ3n) is 10.8. The highest BCUT2D eigenvalue weighted by Crippen LogP contribution is 2.47. The van der Waals surface area contributed by atoms with E-state index in [2.05, 4.69) is 0 Å². The van der Waals surface area contributed by atoms with Gasteiger partial charge in [0.2, 0.25) is 0 Å². The fourth-order valence-electron chi connectivity index (χ4n) is 7.72. The molecule has 2 unspecified atom stereocenters. The molecular weight excluding hydrogens is 693 g/mol. The largest absolute Gasteiger partial charge is 0.507 e. The summed E-state index contributed by atoms with van der Waals surface area (Å²) in [5.74, 6) is -0.0116. The van der Waals surface area contributed by atoms with Crippen LogP contribution in [0.25, 0.3) is 0 Å². The summed E-state index contributed by atoms with van der Waals surface area (Å²) in [6.45, 7) is 7.36. The molecule has 8 atom stereocenters. The number of aromatic hydroxyl groups is 2. The first kappa shape index (κ1) is 38.7. The van der Waals surface area contributed by atoms with Crippen molar-refractivity contribution in [3.8, 4) is 11.5 Å². The normalized spacial score (nSPS) is 25.4. The van der Waals surface area contributed by atoms with Crippen LogP contribution in [0.15, 0.2) is 127 Å². The minimum absolute atomic E-state index is 0.00582. The smallest absolute Gasteiger partial charge is 0.128 e. The molecule has 0 spiro atoms. The molecule has 0 aliphatic carbocycles. The van der Waals surface area contributed by atoms with Gasteiger partial charge in [-0.15, -0.1) is 0 Å². The van der Waals surface area contributed by atoms with Crippen LogP contribution in [0.4, 0.5) is 0 Å². The van der Waals surface area contributed by atoms with E-state index in [0.717, 1.165) is 22.3 Å². The Bertz CT molecular complexity index is 1790. The molecule has 55 heavy (non-hydrogen) atoms. The Morgan fingerprint density at radius 1 is 0.491 bits per heavy atom. The molecule has 2 aliphatic heterocycles. The summed E-state index contributed by atoms with van der Waals surface area (Å²) in [4.78, 5) is 0. The number of rotatable bonds is 14. The van der Waals surface area contributed by atoms with Crippen LogP contribution in [0.3, 0.4) is 0 Å². The van der Waals surface area contributed by atoms with Gasteiger partial charge < -0.3 is 38.6 Å². The Labute approximate surface area is 324 Å². The van der Waals surface area contributed by atoms with Gasteiger partial charge in [-0.05, 0) is 49.1 Å². The van der Waals surface area contributed by atoms with Crippen LogP contribution in [-0.2, 0) is 54.8 Å². The molecule has 0 radical (unpaired) electrons. The maximum absolute atomic E-state index is 11.6. The molecule has 0 saturated carbocycles. The molecule has 5 aromatic carbocycles. The highest BCUT2D eigenvalue weighted by molar-refractivity contribution is 5.54. The molecule has 2 heterocycles. The van der Waals surface area contributed by atoms with Crippen molar-refractivity contribution >= 4 is 0 Å². The van der Waals surface area contributed by atoms with Crippen LogP contribution in [0.2, 0.25) is 0 Å².